The molecule has 5 nitrogen and oxygen atoms in total. The van der Waals surface area contributed by atoms with Crippen LogP contribution in [0.3, 0.4) is 0 Å². The molecule has 7 heteroatoms. The molecule has 1 aromatic carbocycles. The smallest absolute Gasteiger partial charge is 0.289 e. The summed E-state index contributed by atoms with van der Waals surface area (Å²) in [6.07, 6.45) is 5.52. The van der Waals surface area contributed by atoms with Crippen molar-refractivity contribution in [2.45, 2.75) is 39.2 Å². The van der Waals surface area contributed by atoms with Gasteiger partial charge in [-0.3, -0.25) is 4.79 Å². The van der Waals surface area contributed by atoms with Gasteiger partial charge in [-0.15, -0.1) is 0 Å². The summed E-state index contributed by atoms with van der Waals surface area (Å²) in [7, 11) is 0. The van der Waals surface area contributed by atoms with Crippen LogP contribution in [0.2, 0.25) is 10.0 Å². The molecular formula is C22H23Cl2N3O2. The summed E-state index contributed by atoms with van der Waals surface area (Å²) in [5.41, 5.74) is 1.97. The summed E-state index contributed by atoms with van der Waals surface area (Å²) in [4.78, 5) is 19.2. The number of hydrogen-bond acceptors (Lipinski definition) is 3. The maximum Gasteiger partial charge on any atom is 0.289 e. The molecule has 0 N–H and O–H groups in total. The number of aryl methyl sites for hydroxylation is 2. The number of nitrogens with zero attached hydrogens (tertiary/aromatic N) is 3. The summed E-state index contributed by atoms with van der Waals surface area (Å²) < 4.78 is 7.73. The molecule has 0 saturated carbocycles. The van der Waals surface area contributed by atoms with Crippen molar-refractivity contribution in [2.75, 3.05) is 13.1 Å². The Morgan fingerprint density at radius 1 is 1.21 bits per heavy atom. The van der Waals surface area contributed by atoms with Crippen LogP contribution < -0.4 is 0 Å². The number of piperidine rings is 1. The number of aromatic nitrogens is 2. The van der Waals surface area contributed by atoms with Gasteiger partial charge in [0.05, 0.1) is 6.54 Å². The van der Waals surface area contributed by atoms with Crippen molar-refractivity contribution in [3.8, 4) is 0 Å². The van der Waals surface area contributed by atoms with E-state index < -0.39 is 0 Å². The molecule has 0 atom stereocenters. The topological polar surface area (TPSA) is 51.3 Å². The van der Waals surface area contributed by atoms with E-state index in [1.807, 2.05) is 49.3 Å². The van der Waals surface area contributed by atoms with Crippen LogP contribution in [0.25, 0.3) is 0 Å². The molecule has 1 aliphatic heterocycles. The summed E-state index contributed by atoms with van der Waals surface area (Å²) in [5, 5.41) is 1.36. The van der Waals surface area contributed by atoms with Gasteiger partial charge >= 0.3 is 0 Å². The largest absolute Gasteiger partial charge is 0.456 e. The Bertz CT molecular complexity index is 1010. The van der Waals surface area contributed by atoms with E-state index in [1.54, 1.807) is 6.07 Å². The van der Waals surface area contributed by atoms with Gasteiger partial charge in [-0.25, -0.2) is 4.98 Å². The number of rotatable bonds is 4. The zero-order chi connectivity index (χ0) is 20.5. The fraction of sp³-hybridized carbons (Fsp3) is 0.364. The number of halogens is 2. The van der Waals surface area contributed by atoms with E-state index in [9.17, 15) is 4.79 Å². The van der Waals surface area contributed by atoms with E-state index in [4.69, 9.17) is 27.6 Å². The third-order valence-electron chi connectivity index (χ3n) is 5.62. The number of hydrogen-bond donors (Lipinski definition) is 0. The predicted octanol–water partition coefficient (Wildman–Crippen LogP) is 5.47. The number of carbonyl (C=O) groups is 1. The molecule has 0 aliphatic carbocycles. The summed E-state index contributed by atoms with van der Waals surface area (Å²) >= 11 is 12.5. The lowest BCUT2D eigenvalue weighted by Crippen LogP contribution is -2.38. The Balaban J connectivity index is 1.44. The quantitative estimate of drug-likeness (QED) is 0.550. The van der Waals surface area contributed by atoms with Crippen molar-refractivity contribution < 1.29 is 9.21 Å². The Morgan fingerprint density at radius 3 is 2.66 bits per heavy atom. The van der Waals surface area contributed by atoms with Gasteiger partial charge in [0, 0.05) is 41.4 Å². The second-order valence-corrected chi connectivity index (χ2v) is 8.41. The van der Waals surface area contributed by atoms with Gasteiger partial charge in [0.25, 0.3) is 5.91 Å². The van der Waals surface area contributed by atoms with Gasteiger partial charge in [0.2, 0.25) is 0 Å². The molecule has 152 valence electrons. The second kappa shape index (κ2) is 8.25. The molecule has 0 unspecified atom stereocenters. The average Bonchev–Trinajstić information content (AvgIpc) is 3.31. The maximum absolute atomic E-state index is 12.7. The van der Waals surface area contributed by atoms with Gasteiger partial charge < -0.3 is 13.9 Å². The highest BCUT2D eigenvalue weighted by Crippen LogP contribution is 2.29. The SMILES string of the molecule is Cc1cc(C(=O)N2CCC(c3nccn3Cc3cc(Cl)ccc3Cl)CC2)oc1C. The molecule has 3 heterocycles. The lowest BCUT2D eigenvalue weighted by molar-refractivity contribution is 0.0677. The molecule has 3 aromatic rings. The number of furan rings is 1. The highest BCUT2D eigenvalue weighted by Gasteiger charge is 2.28. The maximum atomic E-state index is 12.7. The van der Waals surface area contributed by atoms with Gasteiger partial charge in [0.15, 0.2) is 5.76 Å². The first-order valence-electron chi connectivity index (χ1n) is 9.73. The van der Waals surface area contributed by atoms with Crippen LogP contribution in [0.5, 0.6) is 0 Å². The minimum atomic E-state index is -0.0336. The molecule has 0 spiro atoms. The fourth-order valence-electron chi connectivity index (χ4n) is 3.84. The minimum Gasteiger partial charge on any atom is -0.456 e. The number of imidazole rings is 1. The fourth-order valence-corrected chi connectivity index (χ4v) is 4.21. The first-order valence-corrected chi connectivity index (χ1v) is 10.5. The Kier molecular flexibility index (Phi) is 5.70. The van der Waals surface area contributed by atoms with Crippen LogP contribution in [-0.4, -0.2) is 33.4 Å². The summed E-state index contributed by atoms with van der Waals surface area (Å²) in [6.45, 7) is 5.83. The van der Waals surface area contributed by atoms with Crippen molar-refractivity contribution in [1.29, 1.82) is 0 Å². The molecule has 2 aromatic heterocycles. The molecule has 1 saturated heterocycles. The third kappa shape index (κ3) is 4.21. The Morgan fingerprint density at radius 2 is 1.97 bits per heavy atom. The minimum absolute atomic E-state index is 0.0336. The second-order valence-electron chi connectivity index (χ2n) is 7.57. The van der Waals surface area contributed by atoms with Gasteiger partial charge in [-0.2, -0.15) is 0 Å². The number of amides is 1. The van der Waals surface area contributed by atoms with E-state index in [-0.39, 0.29) is 5.91 Å². The zero-order valence-corrected chi connectivity index (χ0v) is 18.0. The number of carbonyl (C=O) groups excluding carboxylic acids is 1. The van der Waals surface area contributed by atoms with Gasteiger partial charge in [-0.1, -0.05) is 23.2 Å². The molecule has 1 amide bonds. The first-order chi connectivity index (χ1) is 13.9. The van der Waals surface area contributed by atoms with Gasteiger partial charge in [-0.05, 0) is 62.1 Å². The van der Waals surface area contributed by atoms with Crippen molar-refractivity contribution >= 4 is 29.1 Å². The molecule has 0 radical (unpaired) electrons. The lowest BCUT2D eigenvalue weighted by Gasteiger charge is -2.31. The Labute approximate surface area is 180 Å². The van der Waals surface area contributed by atoms with Gasteiger partial charge in [0.1, 0.15) is 11.6 Å². The van der Waals surface area contributed by atoms with E-state index in [2.05, 4.69) is 9.55 Å². The van der Waals surface area contributed by atoms with Crippen LogP contribution in [0.15, 0.2) is 41.1 Å². The monoisotopic (exact) mass is 431 g/mol. The van der Waals surface area contributed by atoms with Crippen molar-refractivity contribution in [3.63, 3.8) is 0 Å². The normalized spacial score (nSPS) is 15.1. The van der Waals surface area contributed by atoms with Crippen LogP contribution in [0.1, 0.15) is 52.0 Å². The molecule has 29 heavy (non-hydrogen) atoms. The van der Waals surface area contributed by atoms with E-state index in [0.717, 1.165) is 35.6 Å². The van der Waals surface area contributed by atoms with E-state index >= 15 is 0 Å². The van der Waals surface area contributed by atoms with Crippen molar-refractivity contribution in [2.24, 2.45) is 0 Å². The first kappa shape index (κ1) is 20.0. The average molecular weight is 432 g/mol. The highest BCUT2D eigenvalue weighted by molar-refractivity contribution is 6.33. The highest BCUT2D eigenvalue weighted by atomic mass is 35.5. The number of likely N-dealkylation sites (tertiary alicyclic amines) is 1. The molecule has 1 fully saturated rings. The van der Waals surface area contributed by atoms with Crippen molar-refractivity contribution in [1.82, 2.24) is 14.5 Å². The van der Waals surface area contributed by atoms with Crippen LogP contribution in [-0.2, 0) is 6.54 Å². The van der Waals surface area contributed by atoms with E-state index in [0.29, 0.717) is 41.4 Å². The Hall–Kier alpha value is -2.24. The van der Waals surface area contributed by atoms with Crippen LogP contribution in [0.4, 0.5) is 0 Å². The summed E-state index contributed by atoms with van der Waals surface area (Å²) in [6, 6.07) is 7.32. The number of benzene rings is 1. The molecule has 1 aliphatic rings. The molecular weight excluding hydrogens is 409 g/mol. The standard InChI is InChI=1S/C22H23Cl2N3O2/c1-14-11-20(29-15(14)2)22(28)26-8-5-16(6-9-26)21-25-7-10-27(21)13-17-12-18(23)3-4-19(17)24/h3-4,7,10-12,16H,5-6,8-9,13H2,1-2H3. The predicted molar refractivity (Wildman–Crippen MR) is 114 cm³/mol. The van der Waals surface area contributed by atoms with E-state index in [1.165, 1.54) is 0 Å². The van der Waals surface area contributed by atoms with Crippen molar-refractivity contribution in [3.05, 3.63) is 75.2 Å². The lowest BCUT2D eigenvalue weighted by atomic mass is 9.95. The molecule has 4 rings (SSSR count). The van der Waals surface area contributed by atoms with Crippen LogP contribution in [0, 0.1) is 13.8 Å². The zero-order valence-electron chi connectivity index (χ0n) is 16.5. The third-order valence-corrected chi connectivity index (χ3v) is 6.22. The van der Waals surface area contributed by atoms with Crippen LogP contribution >= 0.6 is 23.2 Å². The molecule has 0 bridgehead atoms. The summed E-state index contributed by atoms with van der Waals surface area (Å²) in [5.74, 6) is 2.51.